The van der Waals surface area contributed by atoms with Crippen LogP contribution in [0.4, 0.5) is 4.39 Å². The number of aliphatic carboxylic acids is 1. The van der Waals surface area contributed by atoms with Crippen LogP contribution in [0.1, 0.15) is 61.6 Å². The lowest BCUT2D eigenvalue weighted by Gasteiger charge is -2.39. The minimum atomic E-state index is -1.09. The number of ether oxygens (including phenoxy) is 1. The van der Waals surface area contributed by atoms with Gasteiger partial charge >= 0.3 is 5.97 Å². The fraction of sp³-hybridized carbons (Fsp3) is 0.517. The molecule has 3 heterocycles. The van der Waals surface area contributed by atoms with Gasteiger partial charge in [0.1, 0.15) is 11.9 Å². The number of alkyl halides is 1. The number of piperidine rings is 1. The third kappa shape index (κ3) is 7.26. The predicted octanol–water partition coefficient (Wildman–Crippen LogP) is 6.92. The first kappa shape index (κ1) is 26.6. The van der Waals surface area contributed by atoms with Crippen LogP contribution in [0.15, 0.2) is 48.0 Å². The fourth-order valence-corrected chi connectivity index (χ4v) is 6.28. The van der Waals surface area contributed by atoms with Gasteiger partial charge in [0.25, 0.3) is 0 Å². The number of likely N-dealkylation sites (tertiary alicyclic amines) is 1. The highest BCUT2D eigenvalue weighted by atomic mass is 32.1. The maximum Gasteiger partial charge on any atom is 0.303 e. The number of unbranched alkanes of at least 4 members (excludes halogenated alkanes) is 1. The summed E-state index contributed by atoms with van der Waals surface area (Å²) in [6, 6.07) is 11.6. The lowest BCUT2D eigenvalue weighted by Crippen LogP contribution is -2.41. The molecule has 4 rings (SSSR count). The Morgan fingerprint density at radius 3 is 2.92 bits per heavy atom. The van der Waals surface area contributed by atoms with Gasteiger partial charge in [0.05, 0.1) is 12.6 Å². The van der Waals surface area contributed by atoms with E-state index in [-0.39, 0.29) is 6.42 Å². The Morgan fingerprint density at radius 1 is 1.25 bits per heavy atom. The number of fused-ring (bicyclic) bond motifs is 1. The third-order valence-corrected chi connectivity index (χ3v) is 8.48. The minimum absolute atomic E-state index is 0.182. The van der Waals surface area contributed by atoms with Crippen molar-refractivity contribution in [1.82, 2.24) is 9.88 Å². The molecule has 1 aromatic carbocycles. The second-order valence-corrected chi connectivity index (χ2v) is 10.9. The van der Waals surface area contributed by atoms with Crippen LogP contribution in [-0.4, -0.2) is 47.7 Å². The Balaban J connectivity index is 1.33. The maximum absolute atomic E-state index is 15.5. The van der Waals surface area contributed by atoms with Crippen molar-refractivity contribution >= 4 is 28.2 Å². The third-order valence-electron chi connectivity index (χ3n) is 7.54. The molecule has 0 aliphatic carbocycles. The van der Waals surface area contributed by atoms with Gasteiger partial charge in [-0.2, -0.15) is 0 Å². The van der Waals surface area contributed by atoms with E-state index in [1.165, 1.54) is 11.3 Å². The van der Waals surface area contributed by atoms with Crippen LogP contribution in [0.3, 0.4) is 0 Å². The molecule has 0 bridgehead atoms. The Morgan fingerprint density at radius 2 is 2.14 bits per heavy atom. The summed E-state index contributed by atoms with van der Waals surface area (Å²) in [6.45, 7) is 2.99. The quantitative estimate of drug-likeness (QED) is 0.252. The number of aromatic nitrogens is 1. The second-order valence-electron chi connectivity index (χ2n) is 9.91. The number of hydrogen-bond acceptors (Lipinski definition) is 5. The van der Waals surface area contributed by atoms with Crippen LogP contribution in [0.25, 0.3) is 10.9 Å². The number of aryl methyl sites for hydroxylation is 1. The average molecular weight is 513 g/mol. The number of nitrogens with zero attached hydrogens (tertiary/aromatic N) is 2. The van der Waals surface area contributed by atoms with Crippen LogP contribution < -0.4 is 4.74 Å². The van der Waals surface area contributed by atoms with Gasteiger partial charge in [-0.3, -0.25) is 9.78 Å². The number of methoxy groups -OCH3 is 1. The monoisotopic (exact) mass is 512 g/mol. The highest BCUT2D eigenvalue weighted by molar-refractivity contribution is 7.09. The summed E-state index contributed by atoms with van der Waals surface area (Å²) in [5.74, 6) is 0.601. The van der Waals surface area contributed by atoms with Gasteiger partial charge in [-0.1, -0.05) is 6.07 Å². The predicted molar refractivity (Wildman–Crippen MR) is 144 cm³/mol. The Bertz CT molecular complexity index is 1110. The molecule has 2 aromatic heterocycles. The van der Waals surface area contributed by atoms with Crippen molar-refractivity contribution in [2.75, 3.05) is 26.7 Å². The molecular weight excluding hydrogens is 475 g/mol. The van der Waals surface area contributed by atoms with Crippen molar-refractivity contribution in [2.45, 2.75) is 57.5 Å². The highest BCUT2D eigenvalue weighted by Gasteiger charge is 2.30. The van der Waals surface area contributed by atoms with Gasteiger partial charge in [-0.15, -0.1) is 11.3 Å². The van der Waals surface area contributed by atoms with E-state index in [4.69, 9.17) is 4.74 Å². The van der Waals surface area contributed by atoms with Crippen LogP contribution in [-0.2, 0) is 11.2 Å². The molecule has 3 aromatic rings. The fourth-order valence-electron chi connectivity index (χ4n) is 5.53. The summed E-state index contributed by atoms with van der Waals surface area (Å²) in [6.07, 6.45) is 7.10. The van der Waals surface area contributed by atoms with Crippen molar-refractivity contribution in [3.63, 3.8) is 0 Å². The summed E-state index contributed by atoms with van der Waals surface area (Å²) >= 11 is 1.82. The molecule has 0 amide bonds. The summed E-state index contributed by atoms with van der Waals surface area (Å²) in [7, 11) is 1.61. The van der Waals surface area contributed by atoms with Crippen LogP contribution >= 0.6 is 11.3 Å². The second kappa shape index (κ2) is 13.2. The van der Waals surface area contributed by atoms with Crippen LogP contribution in [0.5, 0.6) is 5.75 Å². The van der Waals surface area contributed by atoms with E-state index in [1.54, 1.807) is 19.4 Å². The number of thiophene rings is 1. The molecular formula is C29H37FN2O3S. The topological polar surface area (TPSA) is 62.7 Å². The number of carboxylic acid groups (broad SMARTS) is 1. The van der Waals surface area contributed by atoms with E-state index in [0.717, 1.165) is 56.2 Å². The molecule has 1 aliphatic rings. The minimum Gasteiger partial charge on any atom is -0.497 e. The van der Waals surface area contributed by atoms with Crippen molar-refractivity contribution in [1.29, 1.82) is 0 Å². The van der Waals surface area contributed by atoms with Crippen LogP contribution in [0.2, 0.25) is 0 Å². The van der Waals surface area contributed by atoms with Gasteiger partial charge in [-0.25, -0.2) is 4.39 Å². The van der Waals surface area contributed by atoms with E-state index in [1.807, 2.05) is 29.5 Å². The first-order chi connectivity index (χ1) is 17.5. The average Bonchev–Trinajstić information content (AvgIpc) is 3.42. The number of pyridine rings is 1. The van der Waals surface area contributed by atoms with Crippen molar-refractivity contribution in [3.05, 3.63) is 58.4 Å². The number of hydrogen-bond donors (Lipinski definition) is 1. The summed E-state index contributed by atoms with van der Waals surface area (Å²) in [5.41, 5.74) is 1.42. The van der Waals surface area contributed by atoms with Crippen molar-refractivity contribution in [3.8, 4) is 5.75 Å². The molecule has 1 saturated heterocycles. The van der Waals surface area contributed by atoms with E-state index in [0.29, 0.717) is 36.0 Å². The van der Waals surface area contributed by atoms with E-state index in [2.05, 4.69) is 27.4 Å². The maximum atomic E-state index is 15.5. The number of halogens is 1. The van der Waals surface area contributed by atoms with Crippen molar-refractivity contribution < 1.29 is 19.0 Å². The van der Waals surface area contributed by atoms with Crippen molar-refractivity contribution in [2.24, 2.45) is 11.8 Å². The summed E-state index contributed by atoms with van der Waals surface area (Å²) < 4.78 is 20.9. The molecule has 36 heavy (non-hydrogen) atoms. The smallest absolute Gasteiger partial charge is 0.303 e. The zero-order chi connectivity index (χ0) is 25.3. The molecule has 3 atom stereocenters. The zero-order valence-corrected chi connectivity index (χ0v) is 21.9. The molecule has 1 aliphatic heterocycles. The van der Waals surface area contributed by atoms with Crippen LogP contribution in [0, 0.1) is 11.8 Å². The van der Waals surface area contributed by atoms with E-state index in [9.17, 15) is 9.90 Å². The Hall–Kier alpha value is -2.51. The lowest BCUT2D eigenvalue weighted by molar-refractivity contribution is -0.137. The van der Waals surface area contributed by atoms with Gasteiger partial charge in [0.15, 0.2) is 0 Å². The number of benzene rings is 1. The van der Waals surface area contributed by atoms with E-state index < -0.39 is 12.1 Å². The molecule has 1 N–H and O–H groups in total. The number of carboxylic acids is 1. The SMILES string of the molecule is COc1ccc2nccc([C@@H](F)CCC3CCN(CCCCc4cccs4)CC3CCC(=O)O)c2c1. The highest BCUT2D eigenvalue weighted by Crippen LogP contribution is 2.36. The molecule has 0 spiro atoms. The Kier molecular flexibility index (Phi) is 9.70. The molecule has 0 saturated carbocycles. The summed E-state index contributed by atoms with van der Waals surface area (Å²) in [4.78, 5) is 19.6. The van der Waals surface area contributed by atoms with E-state index >= 15 is 4.39 Å². The molecule has 7 heteroatoms. The Labute approximate surface area is 217 Å². The first-order valence-electron chi connectivity index (χ1n) is 13.1. The number of carbonyl (C=O) groups is 1. The molecule has 194 valence electrons. The van der Waals surface area contributed by atoms with Gasteiger partial charge < -0.3 is 14.7 Å². The standard InChI is InChI=1S/C29H37FN2O3S/c1-35-23-9-11-28-26(19-23)25(13-15-31-28)27(30)10-7-21-14-17-32(20-22(21)8-12-29(33)34)16-3-2-5-24-6-4-18-36-24/h4,6,9,11,13,15,18-19,21-22,27H,2-3,5,7-8,10,12,14,16-17,20H2,1H3,(H,33,34)/t21?,22?,27-/m0/s1. The molecule has 1 fully saturated rings. The normalized spacial score (nSPS) is 19.4. The van der Waals surface area contributed by atoms with Gasteiger partial charge in [0.2, 0.25) is 0 Å². The summed E-state index contributed by atoms with van der Waals surface area (Å²) in [5, 5.41) is 12.2. The molecule has 0 radical (unpaired) electrons. The zero-order valence-electron chi connectivity index (χ0n) is 21.1. The number of rotatable bonds is 13. The van der Waals surface area contributed by atoms with Gasteiger partial charge in [-0.05, 0) is 111 Å². The first-order valence-corrected chi connectivity index (χ1v) is 13.9. The molecule has 2 unspecified atom stereocenters. The largest absolute Gasteiger partial charge is 0.497 e. The van der Waals surface area contributed by atoms with Gasteiger partial charge in [0, 0.05) is 29.4 Å². The lowest BCUT2D eigenvalue weighted by atomic mass is 9.79. The molecule has 5 nitrogen and oxygen atoms in total.